The largest absolute Gasteiger partial charge is 0.329 e. The second kappa shape index (κ2) is 4.75. The third kappa shape index (κ3) is 2.85. The van der Waals surface area contributed by atoms with E-state index in [1.54, 1.807) is 20.8 Å². The lowest BCUT2D eigenvalue weighted by molar-refractivity contribution is 0.411. The summed E-state index contributed by atoms with van der Waals surface area (Å²) in [5, 5.41) is 6.55. The summed E-state index contributed by atoms with van der Waals surface area (Å²) in [6, 6.07) is 0. The van der Waals surface area contributed by atoms with E-state index in [0.29, 0.717) is 17.8 Å². The Morgan fingerprint density at radius 1 is 1.47 bits per heavy atom. The van der Waals surface area contributed by atoms with Gasteiger partial charge in [-0.15, -0.1) is 0 Å². The fraction of sp³-hybridized carbons (Fsp3) is 0.700. The number of aryl methyl sites for hydroxylation is 2. The molecule has 1 heterocycles. The van der Waals surface area contributed by atoms with E-state index in [-0.39, 0.29) is 11.4 Å². The van der Waals surface area contributed by atoms with Crippen molar-refractivity contribution in [3.63, 3.8) is 0 Å². The van der Waals surface area contributed by atoms with Crippen LogP contribution in [0.5, 0.6) is 0 Å². The molecule has 1 atom stereocenters. The van der Waals surface area contributed by atoms with Gasteiger partial charge in [-0.3, -0.25) is 5.10 Å². The predicted molar refractivity (Wildman–Crippen MR) is 66.1 cm³/mol. The van der Waals surface area contributed by atoms with Gasteiger partial charge in [0.25, 0.3) is 0 Å². The normalized spacial score (nSPS) is 15.8. The van der Waals surface area contributed by atoms with Crippen molar-refractivity contribution < 1.29 is 8.42 Å². The molecule has 0 bridgehead atoms. The molecule has 0 aromatic carbocycles. The van der Waals surface area contributed by atoms with Crippen LogP contribution in [0.25, 0.3) is 0 Å². The lowest BCUT2D eigenvalue weighted by Gasteiger charge is -2.27. The maximum absolute atomic E-state index is 12.2. The molecule has 1 aromatic rings. The lowest BCUT2D eigenvalue weighted by atomic mass is 10.0. The van der Waals surface area contributed by atoms with Gasteiger partial charge in [-0.05, 0) is 27.2 Å². The highest BCUT2D eigenvalue weighted by Gasteiger charge is 2.30. The van der Waals surface area contributed by atoms with Gasteiger partial charge < -0.3 is 5.73 Å². The van der Waals surface area contributed by atoms with Crippen LogP contribution in [-0.2, 0) is 10.0 Å². The first-order chi connectivity index (χ1) is 7.75. The third-order valence-electron chi connectivity index (χ3n) is 2.94. The highest BCUT2D eigenvalue weighted by atomic mass is 32.2. The monoisotopic (exact) mass is 260 g/mol. The molecule has 0 spiro atoms. The average Bonchev–Trinajstić information content (AvgIpc) is 2.58. The van der Waals surface area contributed by atoms with Gasteiger partial charge in [0.15, 0.2) is 0 Å². The highest BCUT2D eigenvalue weighted by molar-refractivity contribution is 7.89. The number of rotatable bonds is 5. The Kier molecular flexibility index (Phi) is 3.95. The molecular weight excluding hydrogens is 240 g/mol. The average molecular weight is 260 g/mol. The quantitative estimate of drug-likeness (QED) is 0.714. The van der Waals surface area contributed by atoms with Crippen LogP contribution >= 0.6 is 0 Å². The van der Waals surface area contributed by atoms with Crippen molar-refractivity contribution >= 4 is 10.0 Å². The molecule has 4 N–H and O–H groups in total. The van der Waals surface area contributed by atoms with E-state index in [4.69, 9.17) is 5.73 Å². The summed E-state index contributed by atoms with van der Waals surface area (Å²) in [6.07, 6.45) is 0.624. The smallest absolute Gasteiger partial charge is 0.244 e. The van der Waals surface area contributed by atoms with Gasteiger partial charge in [-0.1, -0.05) is 6.92 Å². The lowest BCUT2D eigenvalue weighted by Crippen LogP contribution is -2.50. The number of hydrogen-bond acceptors (Lipinski definition) is 4. The Hall–Kier alpha value is -0.920. The highest BCUT2D eigenvalue weighted by Crippen LogP contribution is 2.19. The first-order valence-corrected chi connectivity index (χ1v) is 6.99. The zero-order valence-corrected chi connectivity index (χ0v) is 11.5. The van der Waals surface area contributed by atoms with Crippen molar-refractivity contribution in [2.75, 3.05) is 6.54 Å². The number of nitrogens with two attached hydrogens (primary N) is 1. The fourth-order valence-corrected chi connectivity index (χ4v) is 3.43. The molecule has 0 radical (unpaired) electrons. The minimum absolute atomic E-state index is 0.214. The van der Waals surface area contributed by atoms with Crippen LogP contribution in [0.15, 0.2) is 4.90 Å². The van der Waals surface area contributed by atoms with Gasteiger partial charge in [0.2, 0.25) is 10.0 Å². The SMILES string of the molecule is CCC(C)(CN)NS(=O)(=O)c1c(C)n[nH]c1C. The van der Waals surface area contributed by atoms with E-state index in [2.05, 4.69) is 14.9 Å². The van der Waals surface area contributed by atoms with E-state index in [0.717, 1.165) is 0 Å². The molecule has 6 nitrogen and oxygen atoms in total. The van der Waals surface area contributed by atoms with Crippen molar-refractivity contribution in [3.05, 3.63) is 11.4 Å². The first-order valence-electron chi connectivity index (χ1n) is 5.51. The minimum Gasteiger partial charge on any atom is -0.329 e. The molecule has 17 heavy (non-hydrogen) atoms. The summed E-state index contributed by atoms with van der Waals surface area (Å²) in [4.78, 5) is 0.214. The number of hydrogen-bond donors (Lipinski definition) is 3. The topological polar surface area (TPSA) is 101 Å². The number of nitrogens with one attached hydrogen (secondary N) is 2. The summed E-state index contributed by atoms with van der Waals surface area (Å²) >= 11 is 0. The summed E-state index contributed by atoms with van der Waals surface area (Å²) in [5.41, 5.74) is 5.97. The molecule has 98 valence electrons. The molecule has 0 aliphatic rings. The van der Waals surface area contributed by atoms with Gasteiger partial charge in [-0.2, -0.15) is 5.10 Å². The van der Waals surface area contributed by atoms with E-state index in [1.807, 2.05) is 6.92 Å². The maximum atomic E-state index is 12.2. The van der Waals surface area contributed by atoms with Crippen LogP contribution in [0.4, 0.5) is 0 Å². The number of aromatic nitrogens is 2. The van der Waals surface area contributed by atoms with Crippen molar-refractivity contribution in [1.29, 1.82) is 0 Å². The fourth-order valence-electron chi connectivity index (χ4n) is 1.57. The number of aromatic amines is 1. The predicted octanol–water partition coefficient (Wildman–Crippen LogP) is 0.432. The van der Waals surface area contributed by atoms with Crippen LogP contribution in [0.2, 0.25) is 0 Å². The summed E-state index contributed by atoms with van der Waals surface area (Å²) in [6.45, 7) is 7.27. The molecule has 0 fully saturated rings. The van der Waals surface area contributed by atoms with Crippen molar-refractivity contribution in [1.82, 2.24) is 14.9 Å². The van der Waals surface area contributed by atoms with E-state index in [1.165, 1.54) is 0 Å². The molecule has 1 unspecified atom stereocenters. The Morgan fingerprint density at radius 2 is 2.06 bits per heavy atom. The van der Waals surface area contributed by atoms with E-state index >= 15 is 0 Å². The Balaban J connectivity index is 3.14. The third-order valence-corrected chi connectivity index (χ3v) is 4.84. The van der Waals surface area contributed by atoms with Gasteiger partial charge in [0.05, 0.1) is 11.4 Å². The van der Waals surface area contributed by atoms with Gasteiger partial charge >= 0.3 is 0 Å². The summed E-state index contributed by atoms with van der Waals surface area (Å²) < 4.78 is 27.1. The van der Waals surface area contributed by atoms with Crippen molar-refractivity contribution in [2.24, 2.45) is 5.73 Å². The minimum atomic E-state index is -3.58. The number of nitrogens with zero attached hydrogens (tertiary/aromatic N) is 1. The molecule has 0 saturated heterocycles. The number of H-pyrrole nitrogens is 1. The molecule has 0 aliphatic heterocycles. The van der Waals surface area contributed by atoms with Crippen molar-refractivity contribution in [3.8, 4) is 0 Å². The van der Waals surface area contributed by atoms with Crippen LogP contribution in [-0.4, -0.2) is 30.7 Å². The van der Waals surface area contributed by atoms with Gasteiger partial charge in [-0.25, -0.2) is 13.1 Å². The van der Waals surface area contributed by atoms with Crippen molar-refractivity contribution in [2.45, 2.75) is 44.6 Å². The van der Waals surface area contributed by atoms with E-state index in [9.17, 15) is 8.42 Å². The maximum Gasteiger partial charge on any atom is 0.244 e. The Bertz CT molecular complexity index is 469. The zero-order valence-electron chi connectivity index (χ0n) is 10.7. The second-order valence-electron chi connectivity index (χ2n) is 4.49. The first kappa shape index (κ1) is 14.1. The standard InChI is InChI=1S/C10H20N4O2S/c1-5-10(4,6-11)14-17(15,16)9-7(2)12-13-8(9)3/h14H,5-6,11H2,1-4H3,(H,12,13). The van der Waals surface area contributed by atoms with Crippen LogP contribution in [0, 0.1) is 13.8 Å². The zero-order chi connectivity index (χ0) is 13.3. The molecule has 0 amide bonds. The second-order valence-corrected chi connectivity index (χ2v) is 6.11. The van der Waals surface area contributed by atoms with Crippen LogP contribution < -0.4 is 10.5 Å². The molecule has 7 heteroatoms. The van der Waals surface area contributed by atoms with Crippen LogP contribution in [0.1, 0.15) is 31.7 Å². The number of sulfonamides is 1. The molecule has 0 aliphatic carbocycles. The van der Waals surface area contributed by atoms with Gasteiger partial charge in [0, 0.05) is 12.1 Å². The molecule has 1 rings (SSSR count). The molecule has 0 saturated carbocycles. The van der Waals surface area contributed by atoms with E-state index < -0.39 is 15.6 Å². The Morgan fingerprint density at radius 3 is 2.41 bits per heavy atom. The summed E-state index contributed by atoms with van der Waals surface area (Å²) in [5.74, 6) is 0. The van der Waals surface area contributed by atoms with Crippen LogP contribution in [0.3, 0.4) is 0 Å². The van der Waals surface area contributed by atoms with Gasteiger partial charge in [0.1, 0.15) is 4.90 Å². The molecule has 1 aromatic heterocycles. The summed E-state index contributed by atoms with van der Waals surface area (Å²) in [7, 11) is -3.58. The Labute approximate surface area is 102 Å². The molecular formula is C10H20N4O2S.